The average Bonchev–Trinajstić information content (AvgIpc) is 3.13. The lowest BCUT2D eigenvalue weighted by atomic mass is 10.2. The van der Waals surface area contributed by atoms with Gasteiger partial charge in [-0.25, -0.2) is 9.37 Å². The van der Waals surface area contributed by atoms with E-state index in [2.05, 4.69) is 20.4 Å². The number of carbonyl (C=O) groups is 1. The van der Waals surface area contributed by atoms with Gasteiger partial charge in [-0.15, -0.1) is 11.3 Å². The fourth-order valence-electron chi connectivity index (χ4n) is 2.02. The summed E-state index contributed by atoms with van der Waals surface area (Å²) in [5.74, 6) is -0.0852. The Kier molecular flexibility index (Phi) is 4.26. The average molecular weight is 348 g/mol. The minimum Gasteiger partial charge on any atom is -0.497 e. The first-order valence-electron chi connectivity index (χ1n) is 6.91. The minimum atomic E-state index is -0.470. The van der Waals surface area contributed by atoms with Crippen LogP contribution in [0, 0.1) is 19.7 Å². The second-order valence-corrected chi connectivity index (χ2v) is 5.88. The van der Waals surface area contributed by atoms with Crippen LogP contribution in [0.15, 0.2) is 22.7 Å². The number of nitrogens with one attached hydrogen (secondary N) is 1. The molecule has 1 N–H and O–H groups in total. The molecular formula is C15H13FN4O3S. The molecular weight excluding hydrogens is 335 g/mol. The van der Waals surface area contributed by atoms with Crippen molar-refractivity contribution >= 4 is 23.3 Å². The van der Waals surface area contributed by atoms with Crippen molar-refractivity contribution in [2.24, 2.45) is 0 Å². The number of carbonyl (C=O) groups excluding carboxylic acids is 1. The summed E-state index contributed by atoms with van der Waals surface area (Å²) >= 11 is 1.08. The smallest absolute Gasteiger partial charge is 0.328 e. The van der Waals surface area contributed by atoms with Gasteiger partial charge < -0.3 is 9.26 Å². The van der Waals surface area contributed by atoms with Crippen molar-refractivity contribution in [1.82, 2.24) is 15.1 Å². The van der Waals surface area contributed by atoms with Crippen molar-refractivity contribution in [1.29, 1.82) is 0 Å². The molecule has 0 aliphatic carbocycles. The zero-order valence-electron chi connectivity index (χ0n) is 13.1. The molecule has 0 aliphatic rings. The highest BCUT2D eigenvalue weighted by molar-refractivity contribution is 7.17. The van der Waals surface area contributed by atoms with Crippen molar-refractivity contribution in [3.05, 3.63) is 40.4 Å². The van der Waals surface area contributed by atoms with Crippen LogP contribution in [0.2, 0.25) is 0 Å². The molecule has 0 bridgehead atoms. The van der Waals surface area contributed by atoms with Crippen LogP contribution in [-0.2, 0) is 0 Å². The molecule has 2 heterocycles. The van der Waals surface area contributed by atoms with Crippen LogP contribution in [0.4, 0.5) is 10.4 Å². The number of amides is 1. The maximum absolute atomic E-state index is 14.2. The Hall–Kier alpha value is -2.81. The quantitative estimate of drug-likeness (QED) is 0.778. The van der Waals surface area contributed by atoms with Gasteiger partial charge in [0.05, 0.1) is 12.8 Å². The van der Waals surface area contributed by atoms with Gasteiger partial charge in [0, 0.05) is 11.6 Å². The number of aryl methyl sites for hydroxylation is 2. The molecule has 0 unspecified atom stereocenters. The maximum Gasteiger partial charge on any atom is 0.328 e. The van der Waals surface area contributed by atoms with Gasteiger partial charge in [-0.1, -0.05) is 5.16 Å². The fraction of sp³-hybridized carbons (Fsp3) is 0.200. The summed E-state index contributed by atoms with van der Waals surface area (Å²) in [4.78, 5) is 20.8. The summed E-state index contributed by atoms with van der Waals surface area (Å²) in [5.41, 5.74) is 0.788. The number of methoxy groups -OCH3 is 1. The third-order valence-corrected chi connectivity index (χ3v) is 4.35. The molecule has 0 atom stereocenters. The third-order valence-electron chi connectivity index (χ3n) is 3.16. The van der Waals surface area contributed by atoms with Gasteiger partial charge >= 0.3 is 6.01 Å². The predicted molar refractivity (Wildman–Crippen MR) is 85.8 cm³/mol. The van der Waals surface area contributed by atoms with E-state index in [1.165, 1.54) is 13.2 Å². The molecule has 0 aliphatic heterocycles. The van der Waals surface area contributed by atoms with Gasteiger partial charge in [0.15, 0.2) is 5.82 Å². The van der Waals surface area contributed by atoms with E-state index >= 15 is 0 Å². The number of nitrogens with zero attached hydrogens (tertiary/aromatic N) is 3. The Labute approximate surface area is 140 Å². The molecule has 0 saturated carbocycles. The monoisotopic (exact) mass is 348 g/mol. The van der Waals surface area contributed by atoms with Crippen molar-refractivity contribution in [2.75, 3.05) is 12.4 Å². The van der Waals surface area contributed by atoms with Gasteiger partial charge in [0.25, 0.3) is 5.91 Å². The number of hydrogen-bond acceptors (Lipinski definition) is 7. The molecule has 24 heavy (non-hydrogen) atoms. The van der Waals surface area contributed by atoms with Crippen LogP contribution < -0.4 is 10.1 Å². The molecule has 0 saturated heterocycles. The third kappa shape index (κ3) is 3.11. The maximum atomic E-state index is 14.2. The number of ether oxygens (including phenoxy) is 1. The van der Waals surface area contributed by atoms with E-state index in [-0.39, 0.29) is 6.01 Å². The van der Waals surface area contributed by atoms with Crippen LogP contribution in [0.5, 0.6) is 5.75 Å². The molecule has 9 heteroatoms. The number of rotatable bonds is 4. The second-order valence-electron chi connectivity index (χ2n) is 4.88. The number of anilines is 1. The highest BCUT2D eigenvalue weighted by atomic mass is 32.1. The first kappa shape index (κ1) is 16.1. The number of benzene rings is 1. The van der Waals surface area contributed by atoms with Crippen LogP contribution in [0.25, 0.3) is 10.6 Å². The lowest BCUT2D eigenvalue weighted by Gasteiger charge is -2.02. The van der Waals surface area contributed by atoms with Crippen LogP contribution in [-0.4, -0.2) is 28.1 Å². The summed E-state index contributed by atoms with van der Waals surface area (Å²) in [7, 11) is 1.46. The predicted octanol–water partition coefficient (Wildman–Crippen LogP) is 3.21. The summed E-state index contributed by atoms with van der Waals surface area (Å²) in [6.07, 6.45) is 0. The molecule has 7 nitrogen and oxygen atoms in total. The fourth-order valence-corrected chi connectivity index (χ4v) is 3.01. The summed E-state index contributed by atoms with van der Waals surface area (Å²) in [6, 6.07) is 4.47. The van der Waals surface area contributed by atoms with Crippen LogP contribution >= 0.6 is 11.3 Å². The highest BCUT2D eigenvalue weighted by Gasteiger charge is 2.20. The summed E-state index contributed by atoms with van der Waals surface area (Å²) < 4.78 is 24.0. The van der Waals surface area contributed by atoms with Crippen molar-refractivity contribution in [3.8, 4) is 16.3 Å². The zero-order valence-corrected chi connectivity index (χ0v) is 13.9. The molecule has 0 radical (unpaired) electrons. The molecule has 2 aromatic heterocycles. The summed E-state index contributed by atoms with van der Waals surface area (Å²) in [5, 5.41) is 6.49. The molecule has 124 valence electrons. The minimum absolute atomic E-state index is 0.00229. The van der Waals surface area contributed by atoms with Gasteiger partial charge in [0.1, 0.15) is 21.5 Å². The highest BCUT2D eigenvalue weighted by Crippen LogP contribution is 2.31. The topological polar surface area (TPSA) is 90.1 Å². The van der Waals surface area contributed by atoms with Gasteiger partial charge in [-0.2, -0.15) is 4.98 Å². The molecule has 1 aromatic carbocycles. The number of hydrogen-bond donors (Lipinski definition) is 1. The van der Waals surface area contributed by atoms with E-state index in [1.807, 2.05) is 0 Å². The molecule has 3 aromatic rings. The SMILES string of the molecule is COc1ccc(-c2nc(C)c(C(=O)Nc3nc(C)no3)s2)c(F)c1. The lowest BCUT2D eigenvalue weighted by Crippen LogP contribution is -2.11. The number of aromatic nitrogens is 3. The lowest BCUT2D eigenvalue weighted by molar-refractivity contribution is 0.102. The van der Waals surface area contributed by atoms with Crippen molar-refractivity contribution in [3.63, 3.8) is 0 Å². The first-order valence-corrected chi connectivity index (χ1v) is 7.72. The molecule has 0 spiro atoms. The first-order chi connectivity index (χ1) is 11.5. The van der Waals surface area contributed by atoms with Crippen molar-refractivity contribution < 1.29 is 18.4 Å². The van der Waals surface area contributed by atoms with E-state index in [0.717, 1.165) is 11.3 Å². The molecule has 1 amide bonds. The van der Waals surface area contributed by atoms with E-state index in [1.54, 1.807) is 26.0 Å². The summed E-state index contributed by atoms with van der Waals surface area (Å²) in [6.45, 7) is 3.32. The standard InChI is InChI=1S/C15H13FN4O3S/c1-7-12(13(21)19-15-18-8(2)20-23-15)24-14(17-7)10-5-4-9(22-3)6-11(10)16/h4-6H,1-3H3,(H,18,19,20,21). The Morgan fingerprint density at radius 2 is 2.12 bits per heavy atom. The second kappa shape index (κ2) is 6.36. The van der Waals surface area contributed by atoms with E-state index in [0.29, 0.717) is 32.7 Å². The Morgan fingerprint density at radius 3 is 2.75 bits per heavy atom. The number of thiazole rings is 1. The van der Waals surface area contributed by atoms with Crippen LogP contribution in [0.1, 0.15) is 21.2 Å². The van der Waals surface area contributed by atoms with E-state index < -0.39 is 11.7 Å². The Morgan fingerprint density at radius 1 is 1.33 bits per heavy atom. The number of halogens is 1. The molecule has 3 rings (SSSR count). The normalized spacial score (nSPS) is 10.7. The van der Waals surface area contributed by atoms with E-state index in [4.69, 9.17) is 9.26 Å². The Balaban J connectivity index is 1.88. The molecule has 0 fully saturated rings. The van der Waals surface area contributed by atoms with Crippen LogP contribution in [0.3, 0.4) is 0 Å². The largest absolute Gasteiger partial charge is 0.497 e. The zero-order chi connectivity index (χ0) is 17.3. The van der Waals surface area contributed by atoms with Gasteiger partial charge in [-0.3, -0.25) is 10.1 Å². The van der Waals surface area contributed by atoms with Gasteiger partial charge in [-0.05, 0) is 26.0 Å². The van der Waals surface area contributed by atoms with Gasteiger partial charge in [0.2, 0.25) is 0 Å². The Bertz CT molecular complexity index is 906. The van der Waals surface area contributed by atoms with Crippen molar-refractivity contribution in [2.45, 2.75) is 13.8 Å². The van der Waals surface area contributed by atoms with E-state index in [9.17, 15) is 9.18 Å².